The number of ether oxygens (including phenoxy) is 1. The van der Waals surface area contributed by atoms with Crippen LogP contribution in [-0.4, -0.2) is 16.1 Å². The van der Waals surface area contributed by atoms with E-state index in [0.29, 0.717) is 5.82 Å². The van der Waals surface area contributed by atoms with E-state index in [0.717, 1.165) is 10.0 Å². The van der Waals surface area contributed by atoms with Crippen LogP contribution in [0, 0.1) is 0 Å². The highest BCUT2D eigenvalue weighted by molar-refractivity contribution is 9.10. The normalized spacial score (nSPS) is 11.7. The van der Waals surface area contributed by atoms with Crippen molar-refractivity contribution in [2.45, 2.75) is 19.6 Å². The number of benzene rings is 1. The Hall–Kier alpha value is -1.95. The van der Waals surface area contributed by atoms with Gasteiger partial charge in [0.25, 0.3) is 0 Å². The van der Waals surface area contributed by atoms with Gasteiger partial charge in [-0.3, -0.25) is 0 Å². The van der Waals surface area contributed by atoms with Gasteiger partial charge in [0.05, 0.1) is 10.5 Å². The highest BCUT2D eigenvalue weighted by Gasteiger charge is 2.12. The van der Waals surface area contributed by atoms with Crippen LogP contribution >= 0.6 is 15.9 Å². The molecule has 5 nitrogen and oxygen atoms in total. The molecule has 0 radical (unpaired) electrons. The van der Waals surface area contributed by atoms with Gasteiger partial charge in [0.1, 0.15) is 12.4 Å². The number of aromatic nitrogens is 2. The monoisotopic (exact) mass is 335 g/mol. The summed E-state index contributed by atoms with van der Waals surface area (Å²) in [7, 11) is 0. The van der Waals surface area contributed by atoms with Gasteiger partial charge < -0.3 is 10.1 Å². The van der Waals surface area contributed by atoms with Gasteiger partial charge in [-0.25, -0.2) is 14.8 Å². The van der Waals surface area contributed by atoms with Crippen LogP contribution in [0.15, 0.2) is 47.2 Å². The smallest absolute Gasteiger partial charge is 0.408 e. The first-order chi connectivity index (χ1) is 9.65. The van der Waals surface area contributed by atoms with E-state index in [9.17, 15) is 4.79 Å². The molecule has 1 aromatic carbocycles. The van der Waals surface area contributed by atoms with E-state index < -0.39 is 6.09 Å². The van der Waals surface area contributed by atoms with Gasteiger partial charge in [-0.2, -0.15) is 0 Å². The van der Waals surface area contributed by atoms with E-state index in [-0.39, 0.29) is 12.6 Å². The molecule has 0 spiro atoms. The molecule has 0 aliphatic rings. The zero-order valence-corrected chi connectivity index (χ0v) is 12.5. The molecule has 0 aliphatic heterocycles. The quantitative estimate of drug-likeness (QED) is 0.931. The number of halogens is 1. The van der Waals surface area contributed by atoms with Crippen molar-refractivity contribution in [2.24, 2.45) is 0 Å². The molecule has 0 saturated heterocycles. The number of carbonyl (C=O) groups excluding carboxylic acids is 1. The zero-order valence-electron chi connectivity index (χ0n) is 10.9. The molecule has 2 aromatic rings. The second-order valence-corrected chi connectivity index (χ2v) is 5.10. The van der Waals surface area contributed by atoms with Crippen LogP contribution in [0.2, 0.25) is 0 Å². The molecule has 20 heavy (non-hydrogen) atoms. The van der Waals surface area contributed by atoms with E-state index in [2.05, 4.69) is 31.2 Å². The van der Waals surface area contributed by atoms with Crippen molar-refractivity contribution in [1.29, 1.82) is 0 Å². The third-order valence-electron chi connectivity index (χ3n) is 2.57. The second kappa shape index (κ2) is 7.00. The summed E-state index contributed by atoms with van der Waals surface area (Å²) in [6, 6.07) is 9.19. The maximum absolute atomic E-state index is 11.7. The van der Waals surface area contributed by atoms with E-state index in [1.807, 2.05) is 30.3 Å². The van der Waals surface area contributed by atoms with Gasteiger partial charge in [-0.05, 0) is 28.4 Å². The van der Waals surface area contributed by atoms with Gasteiger partial charge in [-0.15, -0.1) is 0 Å². The average Bonchev–Trinajstić information content (AvgIpc) is 2.47. The highest BCUT2D eigenvalue weighted by atomic mass is 79.9. The fraction of sp³-hybridized carbons (Fsp3) is 0.214. The summed E-state index contributed by atoms with van der Waals surface area (Å²) in [6.07, 6.45) is 2.78. The summed E-state index contributed by atoms with van der Waals surface area (Å²) in [4.78, 5) is 19.9. The molecule has 1 heterocycles. The largest absolute Gasteiger partial charge is 0.445 e. The first kappa shape index (κ1) is 14.5. The molecule has 1 aromatic heterocycles. The molecule has 0 fully saturated rings. The zero-order chi connectivity index (χ0) is 14.4. The number of hydrogen-bond acceptors (Lipinski definition) is 4. The van der Waals surface area contributed by atoms with E-state index in [1.54, 1.807) is 19.3 Å². The fourth-order valence-corrected chi connectivity index (χ4v) is 1.76. The van der Waals surface area contributed by atoms with Gasteiger partial charge in [0, 0.05) is 12.4 Å². The second-order valence-electron chi connectivity index (χ2n) is 4.19. The molecule has 6 heteroatoms. The molecule has 1 N–H and O–H groups in total. The topological polar surface area (TPSA) is 64.1 Å². The van der Waals surface area contributed by atoms with Crippen molar-refractivity contribution in [1.82, 2.24) is 15.3 Å². The van der Waals surface area contributed by atoms with Crippen molar-refractivity contribution in [2.75, 3.05) is 0 Å². The number of hydrogen-bond donors (Lipinski definition) is 1. The van der Waals surface area contributed by atoms with E-state index in [1.165, 1.54) is 0 Å². The Kier molecular flexibility index (Phi) is 5.06. The fourth-order valence-electron chi connectivity index (χ4n) is 1.55. The van der Waals surface area contributed by atoms with Crippen LogP contribution in [0.1, 0.15) is 24.4 Å². The number of nitrogens with zero attached hydrogens (tertiary/aromatic N) is 2. The van der Waals surface area contributed by atoms with Crippen LogP contribution < -0.4 is 5.32 Å². The van der Waals surface area contributed by atoms with Crippen LogP contribution in [0.5, 0.6) is 0 Å². The lowest BCUT2D eigenvalue weighted by molar-refractivity contribution is 0.136. The van der Waals surface area contributed by atoms with Crippen LogP contribution in [0.25, 0.3) is 0 Å². The first-order valence-electron chi connectivity index (χ1n) is 6.10. The molecule has 2 rings (SSSR count). The Bertz CT molecular complexity index is 560. The maximum atomic E-state index is 11.7. The highest BCUT2D eigenvalue weighted by Crippen LogP contribution is 2.10. The Morgan fingerprint density at radius 1 is 1.30 bits per heavy atom. The summed E-state index contributed by atoms with van der Waals surface area (Å²) in [6.45, 7) is 2.04. The minimum atomic E-state index is -0.493. The molecule has 0 unspecified atom stereocenters. The third-order valence-corrected chi connectivity index (χ3v) is 2.98. The summed E-state index contributed by atoms with van der Waals surface area (Å²) >= 11 is 3.26. The molecular weight excluding hydrogens is 322 g/mol. The van der Waals surface area contributed by atoms with Crippen molar-refractivity contribution < 1.29 is 9.53 Å². The van der Waals surface area contributed by atoms with Crippen molar-refractivity contribution in [3.05, 3.63) is 58.6 Å². The Balaban J connectivity index is 1.83. The molecule has 0 aliphatic carbocycles. The lowest BCUT2D eigenvalue weighted by Gasteiger charge is -2.12. The summed E-state index contributed by atoms with van der Waals surface area (Å²) in [5, 5.41) is 2.68. The van der Waals surface area contributed by atoms with Crippen LogP contribution in [0.3, 0.4) is 0 Å². The molecule has 0 saturated carbocycles. The Morgan fingerprint density at radius 3 is 2.60 bits per heavy atom. The standard InChI is InChI=1S/C14H14BrN3O2/c1-10(13-16-7-12(15)8-17-13)18-14(19)20-9-11-5-3-2-4-6-11/h2-8,10H,9H2,1H3,(H,18,19)/t10-/m0/s1. The van der Waals surface area contributed by atoms with E-state index >= 15 is 0 Å². The molecule has 1 amide bonds. The van der Waals surface area contributed by atoms with Gasteiger partial charge in [-0.1, -0.05) is 30.3 Å². The number of amides is 1. The maximum Gasteiger partial charge on any atom is 0.408 e. The van der Waals surface area contributed by atoms with Gasteiger partial charge in [0.15, 0.2) is 0 Å². The van der Waals surface area contributed by atoms with Gasteiger partial charge >= 0.3 is 6.09 Å². The lowest BCUT2D eigenvalue weighted by Crippen LogP contribution is -2.28. The van der Waals surface area contributed by atoms with Crippen LogP contribution in [-0.2, 0) is 11.3 Å². The third kappa shape index (κ3) is 4.31. The minimum Gasteiger partial charge on any atom is -0.445 e. The number of carbonyl (C=O) groups is 1. The molecule has 0 bridgehead atoms. The van der Waals surface area contributed by atoms with Crippen molar-refractivity contribution in [3.8, 4) is 0 Å². The predicted molar refractivity (Wildman–Crippen MR) is 77.9 cm³/mol. The Morgan fingerprint density at radius 2 is 1.95 bits per heavy atom. The molecule has 1 atom stereocenters. The SMILES string of the molecule is C[C@H](NC(=O)OCc1ccccc1)c1ncc(Br)cn1. The molecular formula is C14H14BrN3O2. The first-order valence-corrected chi connectivity index (χ1v) is 6.89. The summed E-state index contributed by atoms with van der Waals surface area (Å²) in [5.74, 6) is 0.532. The van der Waals surface area contributed by atoms with Crippen molar-refractivity contribution >= 4 is 22.0 Å². The van der Waals surface area contributed by atoms with Crippen molar-refractivity contribution in [3.63, 3.8) is 0 Å². The number of nitrogens with one attached hydrogen (secondary N) is 1. The predicted octanol–water partition coefficient (Wildman–Crippen LogP) is 3.23. The average molecular weight is 336 g/mol. The number of alkyl carbamates (subject to hydrolysis) is 1. The minimum absolute atomic E-state index is 0.237. The molecule has 104 valence electrons. The van der Waals surface area contributed by atoms with Gasteiger partial charge in [0.2, 0.25) is 0 Å². The number of rotatable bonds is 4. The Labute approximate surface area is 125 Å². The summed E-state index contributed by atoms with van der Waals surface area (Å²) in [5.41, 5.74) is 0.940. The lowest BCUT2D eigenvalue weighted by atomic mass is 10.2. The summed E-state index contributed by atoms with van der Waals surface area (Å²) < 4.78 is 5.92. The van der Waals surface area contributed by atoms with Crippen LogP contribution in [0.4, 0.5) is 4.79 Å². The van der Waals surface area contributed by atoms with E-state index in [4.69, 9.17) is 4.74 Å².